The van der Waals surface area contributed by atoms with Crippen LogP contribution in [0.15, 0.2) is 30.3 Å². The maximum absolute atomic E-state index is 5.97. The minimum Gasteiger partial charge on any atom is -0.494 e. The van der Waals surface area contributed by atoms with Gasteiger partial charge in [-0.2, -0.15) is 0 Å². The second kappa shape index (κ2) is 6.76. The van der Waals surface area contributed by atoms with E-state index in [0.717, 1.165) is 44.7 Å². The summed E-state index contributed by atoms with van der Waals surface area (Å²) >= 11 is 0. The van der Waals surface area contributed by atoms with Crippen molar-refractivity contribution in [2.75, 3.05) is 19.7 Å². The summed E-state index contributed by atoms with van der Waals surface area (Å²) in [5.74, 6) is 0.964. The highest BCUT2D eigenvalue weighted by atomic mass is 16.5. The third-order valence-corrected chi connectivity index (χ3v) is 3.66. The summed E-state index contributed by atoms with van der Waals surface area (Å²) in [6, 6.07) is 11.0. The Hall–Kier alpha value is -1.06. The molecule has 0 aromatic heterocycles. The monoisotopic (exact) mass is 248 g/mol. The molecule has 1 aliphatic rings. The summed E-state index contributed by atoms with van der Waals surface area (Å²) in [6.07, 6.45) is 3.33. The van der Waals surface area contributed by atoms with Crippen LogP contribution in [-0.2, 0) is 0 Å². The molecule has 0 amide bonds. The van der Waals surface area contributed by atoms with Gasteiger partial charge in [0.1, 0.15) is 5.75 Å². The fourth-order valence-electron chi connectivity index (χ4n) is 2.56. The zero-order chi connectivity index (χ0) is 12.8. The minimum absolute atomic E-state index is 0.400. The molecule has 0 spiro atoms. The Kier molecular flexibility index (Phi) is 5.02. The molecule has 100 valence electrons. The van der Waals surface area contributed by atoms with Gasteiger partial charge in [-0.25, -0.2) is 0 Å². The first-order valence-corrected chi connectivity index (χ1v) is 6.93. The lowest BCUT2D eigenvalue weighted by atomic mass is 9.99. The normalized spacial score (nSPS) is 25.0. The third kappa shape index (κ3) is 4.00. The van der Waals surface area contributed by atoms with E-state index in [1.165, 1.54) is 0 Å². The van der Waals surface area contributed by atoms with Crippen LogP contribution >= 0.6 is 0 Å². The molecule has 1 aliphatic heterocycles. The van der Waals surface area contributed by atoms with Gasteiger partial charge in [0.2, 0.25) is 0 Å². The lowest BCUT2D eigenvalue weighted by Gasteiger charge is -2.36. The highest BCUT2D eigenvalue weighted by molar-refractivity contribution is 5.20. The number of hydrogen-bond donors (Lipinski definition) is 1. The van der Waals surface area contributed by atoms with Crippen molar-refractivity contribution in [2.45, 2.75) is 38.3 Å². The first kappa shape index (κ1) is 13.4. The molecule has 2 atom stereocenters. The average molecular weight is 248 g/mol. The van der Waals surface area contributed by atoms with Gasteiger partial charge in [0, 0.05) is 18.6 Å². The smallest absolute Gasteiger partial charge is 0.119 e. The second-order valence-corrected chi connectivity index (χ2v) is 5.18. The summed E-state index contributed by atoms with van der Waals surface area (Å²) in [5, 5.41) is 0. The molecule has 3 heteroatoms. The first-order valence-electron chi connectivity index (χ1n) is 6.93. The van der Waals surface area contributed by atoms with Crippen molar-refractivity contribution in [3.05, 3.63) is 30.3 Å². The van der Waals surface area contributed by atoms with Crippen molar-refractivity contribution in [2.24, 2.45) is 5.73 Å². The Labute approximate surface area is 110 Å². The van der Waals surface area contributed by atoms with E-state index in [1.807, 2.05) is 30.3 Å². The number of hydrogen-bond acceptors (Lipinski definition) is 3. The second-order valence-electron chi connectivity index (χ2n) is 5.18. The topological polar surface area (TPSA) is 38.5 Å². The predicted octanol–water partition coefficient (Wildman–Crippen LogP) is 2.27. The van der Waals surface area contributed by atoms with E-state index in [-0.39, 0.29) is 0 Å². The maximum atomic E-state index is 5.97. The van der Waals surface area contributed by atoms with Gasteiger partial charge >= 0.3 is 0 Å². The molecule has 2 rings (SSSR count). The van der Waals surface area contributed by atoms with Gasteiger partial charge in [-0.1, -0.05) is 18.2 Å². The summed E-state index contributed by atoms with van der Waals surface area (Å²) in [5.41, 5.74) is 5.97. The van der Waals surface area contributed by atoms with Crippen LogP contribution in [0.5, 0.6) is 5.75 Å². The highest BCUT2D eigenvalue weighted by Crippen LogP contribution is 2.16. The number of rotatable bonds is 5. The molecule has 1 fully saturated rings. The molecule has 18 heavy (non-hydrogen) atoms. The zero-order valence-corrected chi connectivity index (χ0v) is 11.2. The lowest BCUT2D eigenvalue weighted by molar-refractivity contribution is 0.137. The number of nitrogens with zero attached hydrogens (tertiary/aromatic N) is 1. The maximum Gasteiger partial charge on any atom is 0.119 e. The molecule has 0 bridgehead atoms. The zero-order valence-electron chi connectivity index (χ0n) is 11.2. The molecule has 1 aromatic carbocycles. The van der Waals surface area contributed by atoms with Gasteiger partial charge in [-0.15, -0.1) is 0 Å². The Morgan fingerprint density at radius 2 is 2.11 bits per heavy atom. The van der Waals surface area contributed by atoms with Crippen molar-refractivity contribution in [3.8, 4) is 5.75 Å². The van der Waals surface area contributed by atoms with E-state index in [1.54, 1.807) is 0 Å². The van der Waals surface area contributed by atoms with E-state index in [9.17, 15) is 0 Å². The Morgan fingerprint density at radius 1 is 1.33 bits per heavy atom. The van der Waals surface area contributed by atoms with Crippen LogP contribution in [0.4, 0.5) is 0 Å². The molecule has 0 radical (unpaired) electrons. The van der Waals surface area contributed by atoms with Crippen LogP contribution < -0.4 is 10.5 Å². The van der Waals surface area contributed by atoms with Crippen LogP contribution in [0.25, 0.3) is 0 Å². The van der Waals surface area contributed by atoms with Crippen molar-refractivity contribution < 1.29 is 4.74 Å². The number of benzene rings is 1. The lowest BCUT2D eigenvalue weighted by Crippen LogP contribution is -2.46. The molecule has 0 saturated carbocycles. The van der Waals surface area contributed by atoms with Gasteiger partial charge in [0.15, 0.2) is 0 Å². The minimum atomic E-state index is 0.400. The largest absolute Gasteiger partial charge is 0.494 e. The Bertz CT molecular complexity index is 342. The van der Waals surface area contributed by atoms with Gasteiger partial charge < -0.3 is 15.4 Å². The van der Waals surface area contributed by atoms with Crippen molar-refractivity contribution in [3.63, 3.8) is 0 Å². The van der Waals surface area contributed by atoms with Gasteiger partial charge in [0.25, 0.3) is 0 Å². The summed E-state index contributed by atoms with van der Waals surface area (Å²) < 4.78 is 5.70. The van der Waals surface area contributed by atoms with Crippen LogP contribution in [0, 0.1) is 0 Å². The quantitative estimate of drug-likeness (QED) is 0.812. The number of para-hydroxylation sites is 1. The number of piperidine rings is 1. The average Bonchev–Trinajstić information content (AvgIpc) is 2.38. The van der Waals surface area contributed by atoms with E-state index in [4.69, 9.17) is 10.5 Å². The van der Waals surface area contributed by atoms with Gasteiger partial charge in [-0.05, 0) is 44.9 Å². The molecule has 1 saturated heterocycles. The molecular formula is C15H24N2O. The molecule has 2 unspecified atom stereocenters. The molecule has 1 heterocycles. The molecular weight excluding hydrogens is 224 g/mol. The SMILES string of the molecule is CC1CC(N)CCN1CCCOc1ccccc1. The number of nitrogens with two attached hydrogens (primary N) is 1. The van der Waals surface area contributed by atoms with Crippen molar-refractivity contribution >= 4 is 0 Å². The molecule has 1 aromatic rings. The van der Waals surface area contributed by atoms with Gasteiger partial charge in [0.05, 0.1) is 6.61 Å². The number of ether oxygens (including phenoxy) is 1. The Balaban J connectivity index is 1.64. The van der Waals surface area contributed by atoms with Crippen molar-refractivity contribution in [1.82, 2.24) is 4.90 Å². The molecule has 0 aliphatic carbocycles. The van der Waals surface area contributed by atoms with Crippen LogP contribution in [-0.4, -0.2) is 36.7 Å². The van der Waals surface area contributed by atoms with E-state index < -0.39 is 0 Å². The first-order chi connectivity index (χ1) is 8.75. The summed E-state index contributed by atoms with van der Waals surface area (Å²) in [6.45, 7) is 5.31. The van der Waals surface area contributed by atoms with Crippen LogP contribution in [0.2, 0.25) is 0 Å². The van der Waals surface area contributed by atoms with E-state index >= 15 is 0 Å². The van der Waals surface area contributed by atoms with Gasteiger partial charge in [-0.3, -0.25) is 0 Å². The van der Waals surface area contributed by atoms with Crippen molar-refractivity contribution in [1.29, 1.82) is 0 Å². The summed E-state index contributed by atoms with van der Waals surface area (Å²) in [4.78, 5) is 2.53. The van der Waals surface area contributed by atoms with E-state index in [0.29, 0.717) is 12.1 Å². The predicted molar refractivity (Wildman–Crippen MR) is 74.8 cm³/mol. The summed E-state index contributed by atoms with van der Waals surface area (Å²) in [7, 11) is 0. The fraction of sp³-hybridized carbons (Fsp3) is 0.600. The van der Waals surface area contributed by atoms with Crippen LogP contribution in [0.1, 0.15) is 26.2 Å². The molecule has 3 nitrogen and oxygen atoms in total. The standard InChI is InChI=1S/C15H24N2O/c1-13-12-14(16)8-10-17(13)9-5-11-18-15-6-3-2-4-7-15/h2-4,6-7,13-14H,5,8-12,16H2,1H3. The fourth-order valence-corrected chi connectivity index (χ4v) is 2.56. The third-order valence-electron chi connectivity index (χ3n) is 3.66. The highest BCUT2D eigenvalue weighted by Gasteiger charge is 2.22. The van der Waals surface area contributed by atoms with E-state index in [2.05, 4.69) is 11.8 Å². The molecule has 2 N–H and O–H groups in total. The number of likely N-dealkylation sites (tertiary alicyclic amines) is 1. The van der Waals surface area contributed by atoms with Crippen LogP contribution in [0.3, 0.4) is 0 Å². The Morgan fingerprint density at radius 3 is 2.83 bits per heavy atom.